The fraction of sp³-hybridized carbons (Fsp3) is 0.412. The summed E-state index contributed by atoms with van der Waals surface area (Å²) in [6, 6.07) is 6.57. The molecule has 0 radical (unpaired) electrons. The molecule has 0 saturated carbocycles. The molecule has 1 fully saturated rings. The fourth-order valence-corrected chi connectivity index (χ4v) is 2.70. The van der Waals surface area contributed by atoms with Crippen molar-refractivity contribution in [3.63, 3.8) is 0 Å². The maximum Gasteiger partial charge on any atom is 0.216 e. The zero-order chi connectivity index (χ0) is 17.1. The third-order valence-electron chi connectivity index (χ3n) is 4.24. The van der Waals surface area contributed by atoms with Gasteiger partial charge in [-0.1, -0.05) is 0 Å². The van der Waals surface area contributed by atoms with Crippen LogP contribution in [0.25, 0.3) is 0 Å². The van der Waals surface area contributed by atoms with Crippen molar-refractivity contribution in [2.75, 3.05) is 31.1 Å². The normalized spacial score (nSPS) is 15.2. The van der Waals surface area contributed by atoms with Gasteiger partial charge in [-0.2, -0.15) is 0 Å². The van der Waals surface area contributed by atoms with E-state index in [9.17, 15) is 4.39 Å². The number of nitrogens with two attached hydrogens (primary N) is 1. The van der Waals surface area contributed by atoms with Crippen molar-refractivity contribution in [3.05, 3.63) is 47.4 Å². The van der Waals surface area contributed by atoms with Gasteiger partial charge in [0.25, 0.3) is 0 Å². The number of hydrogen-bond donors (Lipinski definition) is 1. The van der Waals surface area contributed by atoms with Crippen LogP contribution in [0.2, 0.25) is 0 Å². The molecule has 2 heterocycles. The second-order valence-electron chi connectivity index (χ2n) is 5.87. The second kappa shape index (κ2) is 8.50. The number of nitrogens with zero attached hydrogens (tertiary/aromatic N) is 4. The Morgan fingerprint density at radius 1 is 1.20 bits per heavy atom. The second-order valence-corrected chi connectivity index (χ2v) is 5.87. The minimum atomic E-state index is -0.217. The molecule has 25 heavy (non-hydrogen) atoms. The summed E-state index contributed by atoms with van der Waals surface area (Å²) in [5, 5.41) is 0. The molecule has 1 aromatic heterocycles. The molecule has 0 unspecified atom stereocenters. The highest BCUT2D eigenvalue weighted by Crippen LogP contribution is 2.17. The molecule has 1 aliphatic rings. The van der Waals surface area contributed by atoms with Crippen LogP contribution in [-0.4, -0.2) is 42.0 Å². The fourth-order valence-electron chi connectivity index (χ4n) is 2.70. The number of rotatable bonds is 3. The van der Waals surface area contributed by atoms with E-state index in [-0.39, 0.29) is 29.8 Å². The quantitative estimate of drug-likeness (QED) is 0.434. The highest BCUT2D eigenvalue weighted by Gasteiger charge is 2.18. The Hall–Kier alpha value is -1.84. The highest BCUT2D eigenvalue weighted by atomic mass is 127. The molecule has 0 atom stereocenters. The van der Waals surface area contributed by atoms with Crippen LogP contribution >= 0.6 is 24.0 Å². The molecule has 6 nitrogen and oxygen atoms in total. The lowest BCUT2D eigenvalue weighted by molar-refractivity contribution is 0.379. The van der Waals surface area contributed by atoms with Crippen LogP contribution in [0.4, 0.5) is 10.1 Å². The monoisotopic (exact) mass is 459 g/mol. The molecule has 3 rings (SSSR count). The van der Waals surface area contributed by atoms with Crippen molar-refractivity contribution in [1.29, 1.82) is 0 Å². The van der Waals surface area contributed by atoms with E-state index in [0.717, 1.165) is 43.3 Å². The number of aryl methyl sites for hydroxylation is 2. The van der Waals surface area contributed by atoms with Gasteiger partial charge in [0.15, 0.2) is 5.96 Å². The Balaban J connectivity index is 0.00000225. The van der Waals surface area contributed by atoms with Gasteiger partial charge in [0.05, 0.1) is 5.69 Å². The standard InChI is InChI=1S/C17H22FN5O.HI/c1-12-13(2)24-16(21-12)11-20-17(19)23-9-7-22(8-10-23)15-5-3-14(18)4-6-15;/h3-6H,7-11H2,1-2H3,(H2,19,20);1H. The Kier molecular flexibility index (Phi) is 6.63. The van der Waals surface area contributed by atoms with Crippen LogP contribution in [0.3, 0.4) is 0 Å². The van der Waals surface area contributed by atoms with Gasteiger partial charge in [-0.3, -0.25) is 0 Å². The van der Waals surface area contributed by atoms with Crippen molar-refractivity contribution in [3.8, 4) is 0 Å². The summed E-state index contributed by atoms with van der Waals surface area (Å²) in [6.07, 6.45) is 0. The first-order valence-corrected chi connectivity index (χ1v) is 8.01. The average Bonchev–Trinajstić information content (AvgIpc) is 2.92. The largest absolute Gasteiger partial charge is 0.444 e. The summed E-state index contributed by atoms with van der Waals surface area (Å²) in [5.41, 5.74) is 7.99. The first-order chi connectivity index (χ1) is 11.5. The molecule has 2 aromatic rings. The maximum atomic E-state index is 13.0. The molecule has 8 heteroatoms. The summed E-state index contributed by atoms with van der Waals surface area (Å²) in [5.74, 6) is 1.68. The Morgan fingerprint density at radius 3 is 2.40 bits per heavy atom. The third-order valence-corrected chi connectivity index (χ3v) is 4.24. The lowest BCUT2D eigenvalue weighted by Crippen LogP contribution is -2.51. The molecule has 1 aromatic carbocycles. The number of benzene rings is 1. The number of aliphatic imine (C=N–C) groups is 1. The number of hydrogen-bond acceptors (Lipinski definition) is 4. The van der Waals surface area contributed by atoms with Crippen LogP contribution in [0.15, 0.2) is 33.7 Å². The van der Waals surface area contributed by atoms with E-state index >= 15 is 0 Å². The molecule has 1 saturated heterocycles. The SMILES string of the molecule is Cc1nc(CN=C(N)N2CCN(c3ccc(F)cc3)CC2)oc1C.I. The van der Waals surface area contributed by atoms with Crippen LogP contribution in [0, 0.1) is 19.7 Å². The summed E-state index contributed by atoms with van der Waals surface area (Å²) in [6.45, 7) is 7.32. The van der Waals surface area contributed by atoms with Crippen molar-refractivity contribution in [2.24, 2.45) is 10.7 Å². The van der Waals surface area contributed by atoms with Gasteiger partial charge in [-0.25, -0.2) is 14.4 Å². The zero-order valence-electron chi connectivity index (χ0n) is 14.4. The van der Waals surface area contributed by atoms with Gasteiger partial charge in [-0.05, 0) is 38.1 Å². The molecule has 136 valence electrons. The van der Waals surface area contributed by atoms with E-state index in [0.29, 0.717) is 18.4 Å². The minimum Gasteiger partial charge on any atom is -0.444 e. The van der Waals surface area contributed by atoms with Gasteiger partial charge < -0.3 is 20.0 Å². The van der Waals surface area contributed by atoms with Gasteiger partial charge in [0.2, 0.25) is 5.89 Å². The zero-order valence-corrected chi connectivity index (χ0v) is 16.7. The summed E-state index contributed by atoms with van der Waals surface area (Å²) >= 11 is 0. The molecular formula is C17H23FIN5O. The molecular weight excluding hydrogens is 436 g/mol. The van der Waals surface area contributed by atoms with Crippen LogP contribution in [-0.2, 0) is 6.54 Å². The number of aromatic nitrogens is 1. The van der Waals surface area contributed by atoms with E-state index in [1.807, 2.05) is 18.7 Å². The molecule has 1 aliphatic heterocycles. The number of oxazole rings is 1. The summed E-state index contributed by atoms with van der Waals surface area (Å²) in [4.78, 5) is 12.9. The van der Waals surface area contributed by atoms with E-state index in [1.165, 1.54) is 12.1 Å². The van der Waals surface area contributed by atoms with E-state index in [2.05, 4.69) is 14.9 Å². The van der Waals surface area contributed by atoms with Crippen LogP contribution < -0.4 is 10.6 Å². The average molecular weight is 459 g/mol. The first-order valence-electron chi connectivity index (χ1n) is 8.01. The predicted molar refractivity (Wildman–Crippen MR) is 107 cm³/mol. The lowest BCUT2D eigenvalue weighted by Gasteiger charge is -2.36. The number of piperazine rings is 1. The van der Waals surface area contributed by atoms with E-state index < -0.39 is 0 Å². The van der Waals surface area contributed by atoms with Crippen molar-refractivity contribution < 1.29 is 8.81 Å². The Bertz CT molecular complexity index is 704. The minimum absolute atomic E-state index is 0. The maximum absolute atomic E-state index is 13.0. The van der Waals surface area contributed by atoms with Crippen LogP contribution in [0.1, 0.15) is 17.3 Å². The van der Waals surface area contributed by atoms with E-state index in [4.69, 9.17) is 10.2 Å². The summed E-state index contributed by atoms with van der Waals surface area (Å²) < 4.78 is 18.5. The molecule has 0 spiro atoms. The Labute approximate surface area is 163 Å². The third kappa shape index (κ3) is 4.83. The van der Waals surface area contributed by atoms with Gasteiger partial charge in [-0.15, -0.1) is 24.0 Å². The van der Waals surface area contributed by atoms with Gasteiger partial charge in [0, 0.05) is 31.9 Å². The van der Waals surface area contributed by atoms with Crippen LogP contribution in [0.5, 0.6) is 0 Å². The smallest absolute Gasteiger partial charge is 0.216 e. The van der Waals surface area contributed by atoms with Gasteiger partial charge in [0.1, 0.15) is 18.1 Å². The van der Waals surface area contributed by atoms with Gasteiger partial charge >= 0.3 is 0 Å². The topological polar surface area (TPSA) is 70.9 Å². The number of guanidine groups is 1. The summed E-state index contributed by atoms with van der Waals surface area (Å²) in [7, 11) is 0. The molecule has 2 N–H and O–H groups in total. The predicted octanol–water partition coefficient (Wildman–Crippen LogP) is 2.69. The molecule has 0 bridgehead atoms. The number of halogens is 2. The van der Waals surface area contributed by atoms with Crippen molar-refractivity contribution in [2.45, 2.75) is 20.4 Å². The molecule has 0 aliphatic carbocycles. The number of anilines is 1. The lowest BCUT2D eigenvalue weighted by atomic mass is 10.2. The van der Waals surface area contributed by atoms with Crippen molar-refractivity contribution >= 4 is 35.6 Å². The highest BCUT2D eigenvalue weighted by molar-refractivity contribution is 14.0. The Morgan fingerprint density at radius 2 is 1.84 bits per heavy atom. The van der Waals surface area contributed by atoms with E-state index in [1.54, 1.807) is 12.1 Å². The molecule has 0 amide bonds. The van der Waals surface area contributed by atoms with Crippen molar-refractivity contribution in [1.82, 2.24) is 9.88 Å². The first kappa shape index (κ1) is 19.5.